The highest BCUT2D eigenvalue weighted by atomic mass is 32.2. The summed E-state index contributed by atoms with van der Waals surface area (Å²) in [4.78, 5) is 14.6. The van der Waals surface area contributed by atoms with Gasteiger partial charge in [0.1, 0.15) is 23.9 Å². The number of nitrogens with one attached hydrogen (secondary N) is 2. The zero-order chi connectivity index (χ0) is 19.3. The Balaban J connectivity index is 1.80. The lowest BCUT2D eigenvalue weighted by molar-refractivity contribution is 0.190. The minimum Gasteiger partial charge on any atom is -0.385 e. The molecule has 0 aliphatic heterocycles. The Hall–Kier alpha value is -2.75. The molecule has 0 unspecified atom stereocenters. The maximum Gasteiger partial charge on any atom is 0.206 e. The largest absolute Gasteiger partial charge is 0.385 e. The van der Waals surface area contributed by atoms with Gasteiger partial charge < -0.3 is 20.2 Å². The highest BCUT2D eigenvalue weighted by Crippen LogP contribution is 2.27. The van der Waals surface area contributed by atoms with Gasteiger partial charge in [0.25, 0.3) is 0 Å². The van der Waals surface area contributed by atoms with Gasteiger partial charge in [0.2, 0.25) is 9.84 Å². The van der Waals surface area contributed by atoms with E-state index in [1.54, 1.807) is 26.0 Å². The van der Waals surface area contributed by atoms with Crippen molar-refractivity contribution in [2.45, 2.75) is 35.8 Å². The average Bonchev–Trinajstić information content (AvgIpc) is 3.24. The van der Waals surface area contributed by atoms with Crippen LogP contribution in [0.15, 0.2) is 46.2 Å². The van der Waals surface area contributed by atoms with Gasteiger partial charge in [-0.05, 0) is 50.2 Å². The maximum absolute atomic E-state index is 13.0. The van der Waals surface area contributed by atoms with Gasteiger partial charge >= 0.3 is 0 Å². The van der Waals surface area contributed by atoms with Crippen molar-refractivity contribution in [3.63, 3.8) is 0 Å². The molecule has 2 atom stereocenters. The third-order valence-electron chi connectivity index (χ3n) is 4.36. The van der Waals surface area contributed by atoms with Gasteiger partial charge in [-0.15, -0.1) is 0 Å². The molecule has 0 aliphatic rings. The molecule has 0 saturated carbocycles. The van der Waals surface area contributed by atoms with E-state index in [-0.39, 0.29) is 9.79 Å². The number of hydrogen-bond acceptors (Lipinski definition) is 6. The summed E-state index contributed by atoms with van der Waals surface area (Å²) in [7, 11) is -3.76. The Morgan fingerprint density at radius 1 is 0.815 bits per heavy atom. The molecule has 0 aliphatic carbocycles. The van der Waals surface area contributed by atoms with Crippen LogP contribution in [0.25, 0.3) is 22.1 Å². The van der Waals surface area contributed by atoms with Crippen LogP contribution in [0.2, 0.25) is 0 Å². The van der Waals surface area contributed by atoms with Gasteiger partial charge in [-0.1, -0.05) is 0 Å². The molecule has 4 rings (SSSR count). The van der Waals surface area contributed by atoms with E-state index in [1.807, 2.05) is 0 Å². The Labute approximate surface area is 154 Å². The molecule has 0 fully saturated rings. The first-order valence-corrected chi connectivity index (χ1v) is 9.84. The molecule has 2 heterocycles. The van der Waals surface area contributed by atoms with Crippen LogP contribution in [0.1, 0.15) is 37.7 Å². The van der Waals surface area contributed by atoms with Crippen molar-refractivity contribution in [2.75, 3.05) is 0 Å². The van der Waals surface area contributed by atoms with Gasteiger partial charge in [0, 0.05) is 0 Å². The van der Waals surface area contributed by atoms with Crippen LogP contribution in [-0.2, 0) is 9.84 Å². The van der Waals surface area contributed by atoms with E-state index < -0.39 is 22.0 Å². The van der Waals surface area contributed by atoms with E-state index in [1.165, 1.54) is 24.3 Å². The van der Waals surface area contributed by atoms with Gasteiger partial charge in [0.15, 0.2) is 0 Å². The van der Waals surface area contributed by atoms with E-state index in [4.69, 9.17) is 0 Å². The maximum atomic E-state index is 13.0. The van der Waals surface area contributed by atoms with Crippen molar-refractivity contribution in [1.29, 1.82) is 0 Å². The van der Waals surface area contributed by atoms with E-state index in [0.29, 0.717) is 33.7 Å². The van der Waals surface area contributed by atoms with Crippen LogP contribution >= 0.6 is 0 Å². The zero-order valence-corrected chi connectivity index (χ0v) is 15.4. The summed E-state index contributed by atoms with van der Waals surface area (Å²) in [5.41, 5.74) is 2.22. The molecule has 2 aromatic heterocycles. The summed E-state index contributed by atoms with van der Waals surface area (Å²) in [6, 6.07) is 9.19. The van der Waals surface area contributed by atoms with Crippen molar-refractivity contribution in [3.8, 4) is 0 Å². The molecule has 8 nitrogen and oxygen atoms in total. The second-order valence-electron chi connectivity index (χ2n) is 6.46. The molecule has 140 valence electrons. The predicted molar refractivity (Wildman–Crippen MR) is 98.9 cm³/mol. The second kappa shape index (κ2) is 6.15. The minimum atomic E-state index is -3.76. The lowest BCUT2D eigenvalue weighted by atomic mass is 10.3. The van der Waals surface area contributed by atoms with Gasteiger partial charge in [0.05, 0.1) is 31.9 Å². The van der Waals surface area contributed by atoms with Gasteiger partial charge in [-0.2, -0.15) is 0 Å². The van der Waals surface area contributed by atoms with Gasteiger partial charge in [-0.25, -0.2) is 18.4 Å². The Kier molecular flexibility index (Phi) is 4.02. The first-order valence-electron chi connectivity index (χ1n) is 8.36. The number of benzene rings is 2. The number of aromatic nitrogens is 4. The van der Waals surface area contributed by atoms with Gasteiger partial charge in [-0.3, -0.25) is 0 Å². The third kappa shape index (κ3) is 2.99. The van der Waals surface area contributed by atoms with E-state index >= 15 is 0 Å². The second-order valence-corrected chi connectivity index (χ2v) is 8.41. The molecule has 0 spiro atoms. The van der Waals surface area contributed by atoms with Crippen LogP contribution in [-0.4, -0.2) is 38.6 Å². The van der Waals surface area contributed by atoms with Crippen LogP contribution in [0.5, 0.6) is 0 Å². The summed E-state index contributed by atoms with van der Waals surface area (Å²) in [6.45, 7) is 3.16. The van der Waals surface area contributed by atoms with Crippen molar-refractivity contribution < 1.29 is 18.6 Å². The smallest absolute Gasteiger partial charge is 0.206 e. The number of nitrogens with zero attached hydrogens (tertiary/aromatic N) is 2. The molecular weight excluding hydrogens is 368 g/mol. The van der Waals surface area contributed by atoms with Crippen molar-refractivity contribution in [2.24, 2.45) is 0 Å². The first-order chi connectivity index (χ1) is 12.8. The number of fused-ring (bicyclic) bond motifs is 2. The molecule has 27 heavy (non-hydrogen) atoms. The first kappa shape index (κ1) is 17.7. The number of imidazole rings is 2. The summed E-state index contributed by atoms with van der Waals surface area (Å²) in [5, 5.41) is 19.3. The molecule has 2 aromatic carbocycles. The molecule has 4 aromatic rings. The monoisotopic (exact) mass is 386 g/mol. The summed E-state index contributed by atoms with van der Waals surface area (Å²) < 4.78 is 26.1. The van der Waals surface area contributed by atoms with Crippen LogP contribution < -0.4 is 0 Å². The molecular formula is C18H18N4O4S. The predicted octanol–water partition coefficient (Wildman–Crippen LogP) is 2.38. The minimum absolute atomic E-state index is 0.116. The number of H-pyrrole nitrogens is 2. The molecule has 4 N–H and O–H groups in total. The van der Waals surface area contributed by atoms with Crippen molar-refractivity contribution in [3.05, 3.63) is 48.0 Å². The topological polar surface area (TPSA) is 132 Å². The number of hydrogen-bond donors (Lipinski definition) is 4. The zero-order valence-electron chi connectivity index (χ0n) is 14.6. The molecule has 0 radical (unpaired) electrons. The lowest BCUT2D eigenvalue weighted by Crippen LogP contribution is -2.01. The summed E-state index contributed by atoms with van der Waals surface area (Å²) in [5.74, 6) is 0.758. The van der Waals surface area contributed by atoms with Crippen LogP contribution in [0.3, 0.4) is 0 Å². The molecule has 0 amide bonds. The molecule has 9 heteroatoms. The number of rotatable bonds is 4. The number of sulfone groups is 1. The molecule has 0 saturated heterocycles. The van der Waals surface area contributed by atoms with E-state index in [0.717, 1.165) is 0 Å². The SMILES string of the molecule is C[C@@H](O)c1nc2ccc(S(=O)(=O)c3ccc4nc([C@@H](C)O)[nH]c4c3)cc2[nH]1. The normalized spacial score (nSPS) is 14.7. The van der Waals surface area contributed by atoms with Crippen LogP contribution in [0, 0.1) is 0 Å². The standard InChI is InChI=1S/C18H18N4O4S/c1-9(23)17-19-13-5-3-11(7-15(13)21-17)27(25,26)12-4-6-14-16(8-12)22-18(20-14)10(2)24/h3-10,23-24H,1-2H3,(H,19,21)(H,20,22)/t9-,10-/m1/s1. The average molecular weight is 386 g/mol. The van der Waals surface area contributed by atoms with E-state index in [9.17, 15) is 18.6 Å². The number of aliphatic hydroxyl groups excluding tert-OH is 2. The van der Waals surface area contributed by atoms with Crippen molar-refractivity contribution >= 4 is 31.9 Å². The Morgan fingerprint density at radius 2 is 1.22 bits per heavy atom. The third-order valence-corrected chi connectivity index (χ3v) is 6.10. The fourth-order valence-corrected chi connectivity index (χ4v) is 4.20. The highest BCUT2D eigenvalue weighted by molar-refractivity contribution is 7.91. The fourth-order valence-electron chi connectivity index (χ4n) is 2.88. The van der Waals surface area contributed by atoms with Crippen LogP contribution in [0.4, 0.5) is 0 Å². The number of aromatic amines is 2. The van der Waals surface area contributed by atoms with E-state index in [2.05, 4.69) is 19.9 Å². The van der Waals surface area contributed by atoms with Crippen molar-refractivity contribution in [1.82, 2.24) is 19.9 Å². The number of aliphatic hydroxyl groups is 2. The molecule has 0 bridgehead atoms. The Bertz CT molecular complexity index is 1160. The lowest BCUT2D eigenvalue weighted by Gasteiger charge is -2.05. The fraction of sp³-hybridized carbons (Fsp3) is 0.222. The highest BCUT2D eigenvalue weighted by Gasteiger charge is 2.20. The summed E-state index contributed by atoms with van der Waals surface area (Å²) >= 11 is 0. The quantitative estimate of drug-likeness (QED) is 0.426. The summed E-state index contributed by atoms with van der Waals surface area (Å²) in [6.07, 6.45) is -1.55. The Morgan fingerprint density at radius 3 is 1.59 bits per heavy atom.